The zero-order valence-electron chi connectivity index (χ0n) is 18.1. The molecule has 0 fully saturated rings. The molecule has 32 heavy (non-hydrogen) atoms. The molecule has 0 bridgehead atoms. The summed E-state index contributed by atoms with van der Waals surface area (Å²) < 4.78 is 2.01. The Hall–Kier alpha value is -3.58. The third kappa shape index (κ3) is 5.36. The van der Waals surface area contributed by atoms with E-state index < -0.39 is 0 Å². The molecule has 0 aliphatic rings. The third-order valence-electron chi connectivity index (χ3n) is 5.05. The lowest BCUT2D eigenvalue weighted by molar-refractivity contribution is 0.251. The lowest BCUT2D eigenvalue weighted by atomic mass is 10.1. The van der Waals surface area contributed by atoms with Crippen LogP contribution in [0.15, 0.2) is 84.0 Å². The van der Waals surface area contributed by atoms with E-state index in [0.717, 1.165) is 22.3 Å². The molecule has 4 rings (SSSR count). The Labute approximate surface area is 192 Å². The van der Waals surface area contributed by atoms with Crippen molar-refractivity contribution in [3.05, 3.63) is 101 Å². The summed E-state index contributed by atoms with van der Waals surface area (Å²) in [6, 6.07) is 25.6. The van der Waals surface area contributed by atoms with E-state index in [1.807, 2.05) is 59.2 Å². The monoisotopic (exact) mass is 443 g/mol. The number of carbonyl (C=O) groups excluding carboxylic acids is 1. The van der Waals surface area contributed by atoms with Crippen molar-refractivity contribution >= 4 is 23.5 Å². The molecule has 0 atom stereocenters. The van der Waals surface area contributed by atoms with Gasteiger partial charge >= 0.3 is 6.03 Å². The van der Waals surface area contributed by atoms with Crippen LogP contribution in [-0.2, 0) is 12.3 Å². The number of urea groups is 1. The molecule has 7 heteroatoms. The maximum Gasteiger partial charge on any atom is 0.319 e. The van der Waals surface area contributed by atoms with Crippen LogP contribution >= 0.6 is 11.8 Å². The van der Waals surface area contributed by atoms with Crippen molar-refractivity contribution in [3.63, 3.8) is 0 Å². The van der Waals surface area contributed by atoms with Gasteiger partial charge < -0.3 is 10.6 Å². The van der Waals surface area contributed by atoms with Gasteiger partial charge in [0.25, 0.3) is 0 Å². The smallest absolute Gasteiger partial charge is 0.319 e. The average molecular weight is 444 g/mol. The van der Waals surface area contributed by atoms with Crippen molar-refractivity contribution in [1.82, 2.24) is 20.1 Å². The van der Waals surface area contributed by atoms with Crippen molar-refractivity contribution in [2.75, 3.05) is 5.32 Å². The number of hydrogen-bond donors (Lipinski definition) is 2. The number of anilines is 1. The molecule has 162 valence electrons. The normalized spacial score (nSPS) is 10.7. The summed E-state index contributed by atoms with van der Waals surface area (Å²) in [5.74, 6) is 1.46. The predicted octanol–water partition coefficient (Wildman–Crippen LogP) is 5.50. The zero-order chi connectivity index (χ0) is 22.3. The molecule has 0 aliphatic heterocycles. The van der Waals surface area contributed by atoms with Gasteiger partial charge in [-0.25, -0.2) is 4.79 Å². The Morgan fingerprint density at radius 2 is 1.62 bits per heavy atom. The van der Waals surface area contributed by atoms with Gasteiger partial charge in [0, 0.05) is 17.1 Å². The van der Waals surface area contributed by atoms with Gasteiger partial charge in [-0.1, -0.05) is 71.9 Å². The summed E-state index contributed by atoms with van der Waals surface area (Å²) in [5.41, 5.74) is 5.39. The molecule has 0 saturated carbocycles. The second-order valence-corrected chi connectivity index (χ2v) is 8.40. The van der Waals surface area contributed by atoms with Crippen LogP contribution < -0.4 is 10.6 Å². The Morgan fingerprint density at radius 3 is 2.38 bits per heavy atom. The maximum atomic E-state index is 12.3. The summed E-state index contributed by atoms with van der Waals surface area (Å²) in [6.45, 7) is 4.42. The van der Waals surface area contributed by atoms with E-state index in [2.05, 4.69) is 58.9 Å². The second kappa shape index (κ2) is 10.2. The molecule has 0 radical (unpaired) electrons. The number of thioether (sulfide) groups is 1. The van der Waals surface area contributed by atoms with Crippen LogP contribution in [0.2, 0.25) is 0 Å². The van der Waals surface area contributed by atoms with E-state index >= 15 is 0 Å². The van der Waals surface area contributed by atoms with E-state index in [-0.39, 0.29) is 12.6 Å². The van der Waals surface area contributed by atoms with Crippen LogP contribution in [0.1, 0.15) is 22.5 Å². The van der Waals surface area contributed by atoms with Gasteiger partial charge in [0.2, 0.25) is 0 Å². The third-order valence-corrected chi connectivity index (χ3v) is 6.03. The number of nitrogens with one attached hydrogen (secondary N) is 2. The van der Waals surface area contributed by atoms with Gasteiger partial charge in [0.1, 0.15) is 0 Å². The molecule has 1 aromatic heterocycles. The first-order chi connectivity index (χ1) is 15.6. The number of rotatable bonds is 7. The second-order valence-electron chi connectivity index (χ2n) is 7.46. The van der Waals surface area contributed by atoms with Crippen molar-refractivity contribution in [3.8, 4) is 5.69 Å². The Kier molecular flexibility index (Phi) is 6.87. The number of aromatic nitrogens is 3. The minimum Gasteiger partial charge on any atom is -0.331 e. The fourth-order valence-electron chi connectivity index (χ4n) is 3.23. The van der Waals surface area contributed by atoms with Gasteiger partial charge in [-0.15, -0.1) is 10.2 Å². The molecular formula is C25H25N5OS. The summed E-state index contributed by atoms with van der Waals surface area (Å²) >= 11 is 1.63. The average Bonchev–Trinajstić information content (AvgIpc) is 3.21. The van der Waals surface area contributed by atoms with Crippen molar-refractivity contribution in [2.45, 2.75) is 31.3 Å². The molecule has 0 aliphatic carbocycles. The first-order valence-corrected chi connectivity index (χ1v) is 11.4. The molecule has 2 N–H and O–H groups in total. The van der Waals surface area contributed by atoms with E-state index in [1.54, 1.807) is 11.8 Å². The molecule has 4 aromatic rings. The van der Waals surface area contributed by atoms with Crippen LogP contribution in [0.4, 0.5) is 10.5 Å². The molecule has 1 heterocycles. The van der Waals surface area contributed by atoms with Crippen LogP contribution in [0.5, 0.6) is 0 Å². The number of benzene rings is 3. The number of aryl methyl sites for hydroxylation is 2. The van der Waals surface area contributed by atoms with E-state index in [4.69, 9.17) is 0 Å². The molecule has 0 spiro atoms. The summed E-state index contributed by atoms with van der Waals surface area (Å²) in [4.78, 5) is 12.3. The van der Waals surface area contributed by atoms with Gasteiger partial charge in [-0.05, 0) is 49.2 Å². The molecule has 6 nitrogen and oxygen atoms in total. The predicted molar refractivity (Wildman–Crippen MR) is 129 cm³/mol. The Bertz CT molecular complexity index is 1190. The summed E-state index contributed by atoms with van der Waals surface area (Å²) in [7, 11) is 0. The summed E-state index contributed by atoms with van der Waals surface area (Å²) in [6.07, 6.45) is 0. The highest BCUT2D eigenvalue weighted by Crippen LogP contribution is 2.26. The minimum absolute atomic E-state index is 0.254. The van der Waals surface area contributed by atoms with Crippen LogP contribution in [-0.4, -0.2) is 20.8 Å². The number of amides is 2. The van der Waals surface area contributed by atoms with Gasteiger partial charge in [0.15, 0.2) is 11.0 Å². The molecule has 3 aromatic carbocycles. The van der Waals surface area contributed by atoms with Crippen LogP contribution in [0, 0.1) is 13.8 Å². The van der Waals surface area contributed by atoms with E-state index in [1.165, 1.54) is 16.7 Å². The SMILES string of the molecule is Cc1ccc(-n2c(CNC(=O)Nc3ccccc3)nnc2SCc2ccccc2C)cc1. The topological polar surface area (TPSA) is 71.8 Å². The van der Waals surface area contributed by atoms with Gasteiger partial charge in [-0.2, -0.15) is 0 Å². The van der Waals surface area contributed by atoms with Crippen molar-refractivity contribution in [1.29, 1.82) is 0 Å². The Balaban J connectivity index is 1.53. The standard InChI is InChI=1S/C25H25N5OS/c1-18-12-14-22(15-13-18)30-23(16-26-24(31)27-21-10-4-3-5-11-21)28-29-25(30)32-17-20-9-7-6-8-19(20)2/h3-15H,16-17H2,1-2H3,(H2,26,27,31). The molecule has 2 amide bonds. The Morgan fingerprint density at radius 1 is 0.906 bits per heavy atom. The quantitative estimate of drug-likeness (QED) is 0.370. The number of nitrogens with zero attached hydrogens (tertiary/aromatic N) is 3. The highest BCUT2D eigenvalue weighted by Gasteiger charge is 2.16. The summed E-state index contributed by atoms with van der Waals surface area (Å²) in [5, 5.41) is 15.3. The lowest BCUT2D eigenvalue weighted by Crippen LogP contribution is -2.29. The maximum absolute atomic E-state index is 12.3. The van der Waals surface area contributed by atoms with Gasteiger partial charge in [-0.3, -0.25) is 4.57 Å². The highest BCUT2D eigenvalue weighted by molar-refractivity contribution is 7.98. The zero-order valence-corrected chi connectivity index (χ0v) is 18.9. The number of para-hydroxylation sites is 1. The van der Waals surface area contributed by atoms with E-state index in [9.17, 15) is 4.79 Å². The number of hydrogen-bond acceptors (Lipinski definition) is 4. The lowest BCUT2D eigenvalue weighted by Gasteiger charge is -2.12. The molecule has 0 unspecified atom stereocenters. The van der Waals surface area contributed by atoms with Crippen LogP contribution in [0.3, 0.4) is 0 Å². The van der Waals surface area contributed by atoms with E-state index in [0.29, 0.717) is 5.82 Å². The fourth-order valence-corrected chi connectivity index (χ4v) is 4.28. The van der Waals surface area contributed by atoms with Crippen molar-refractivity contribution in [2.24, 2.45) is 0 Å². The molecular weight excluding hydrogens is 418 g/mol. The van der Waals surface area contributed by atoms with Gasteiger partial charge in [0.05, 0.1) is 6.54 Å². The largest absolute Gasteiger partial charge is 0.331 e. The fraction of sp³-hybridized carbons (Fsp3) is 0.160. The molecule has 0 saturated heterocycles. The van der Waals surface area contributed by atoms with Crippen molar-refractivity contribution < 1.29 is 4.79 Å². The first-order valence-electron chi connectivity index (χ1n) is 10.4. The number of carbonyl (C=O) groups is 1. The minimum atomic E-state index is -0.288. The van der Waals surface area contributed by atoms with Crippen LogP contribution in [0.25, 0.3) is 5.69 Å². The highest BCUT2D eigenvalue weighted by atomic mass is 32.2. The first kappa shape index (κ1) is 21.6.